The molecule has 0 spiro atoms. The van der Waals surface area contributed by atoms with Crippen molar-refractivity contribution in [3.05, 3.63) is 12.7 Å². The van der Waals surface area contributed by atoms with Crippen molar-refractivity contribution in [3.63, 3.8) is 0 Å². The summed E-state index contributed by atoms with van der Waals surface area (Å²) in [5, 5.41) is 0. The molecule has 0 aromatic rings. The quantitative estimate of drug-likeness (QED) is 0.479. The van der Waals surface area contributed by atoms with Gasteiger partial charge in [-0.05, 0) is 38.0 Å². The largest absolute Gasteiger partial charge is 0.364 e. The lowest BCUT2D eigenvalue weighted by atomic mass is 9.92. The molecule has 0 aromatic heterocycles. The molecule has 2 aliphatic rings. The van der Waals surface area contributed by atoms with Gasteiger partial charge in [0.1, 0.15) is 12.4 Å². The van der Waals surface area contributed by atoms with Crippen LogP contribution in [0.1, 0.15) is 26.2 Å². The fraction of sp³-hybridized carbons (Fsp3) is 0.727. The minimum atomic E-state index is -0.152. The second-order valence-corrected chi connectivity index (χ2v) is 4.47. The maximum absolute atomic E-state index is 10.6. The van der Waals surface area contributed by atoms with Crippen LogP contribution in [0.4, 0.5) is 0 Å². The van der Waals surface area contributed by atoms with Gasteiger partial charge in [0, 0.05) is 0 Å². The minimum Gasteiger partial charge on any atom is -0.364 e. The Morgan fingerprint density at radius 1 is 1.54 bits per heavy atom. The molecule has 1 saturated heterocycles. The first-order valence-corrected chi connectivity index (χ1v) is 4.93. The lowest BCUT2D eigenvalue weighted by molar-refractivity contribution is -0.122. The highest BCUT2D eigenvalue weighted by atomic mass is 16.5. The Kier molecular flexibility index (Phi) is 2.03. The molecule has 1 saturated carbocycles. The molecule has 2 fully saturated rings. The van der Waals surface area contributed by atoms with Crippen molar-refractivity contribution in [1.29, 1.82) is 0 Å². The van der Waals surface area contributed by atoms with Crippen LogP contribution in [0.15, 0.2) is 12.7 Å². The van der Waals surface area contributed by atoms with Gasteiger partial charge < -0.3 is 9.53 Å². The average Bonchev–Trinajstić information content (AvgIpc) is 2.55. The number of hydrogen-bond acceptors (Lipinski definition) is 2. The molecule has 2 rings (SSSR count). The van der Waals surface area contributed by atoms with Crippen molar-refractivity contribution in [2.75, 3.05) is 0 Å². The zero-order chi connectivity index (χ0) is 9.47. The molecule has 1 heterocycles. The fourth-order valence-electron chi connectivity index (χ4n) is 2.81. The summed E-state index contributed by atoms with van der Waals surface area (Å²) in [4.78, 5) is 10.6. The van der Waals surface area contributed by atoms with Crippen LogP contribution < -0.4 is 0 Å². The highest BCUT2D eigenvalue weighted by molar-refractivity contribution is 5.57. The molecule has 1 aliphatic heterocycles. The molecule has 1 aliphatic carbocycles. The first-order chi connectivity index (χ1) is 6.18. The number of carbonyl (C=O) groups is 1. The number of aldehydes is 1. The van der Waals surface area contributed by atoms with Crippen LogP contribution in [0.2, 0.25) is 0 Å². The molecule has 0 amide bonds. The van der Waals surface area contributed by atoms with E-state index in [1.807, 2.05) is 6.08 Å². The summed E-state index contributed by atoms with van der Waals surface area (Å²) in [5.41, 5.74) is -0.0512. The molecular formula is C11H16O2. The summed E-state index contributed by atoms with van der Waals surface area (Å²) in [7, 11) is 0. The molecule has 4 atom stereocenters. The predicted octanol–water partition coefficient (Wildman–Crippen LogP) is 1.95. The molecule has 0 radical (unpaired) electrons. The van der Waals surface area contributed by atoms with E-state index in [1.165, 1.54) is 0 Å². The normalized spacial score (nSPS) is 48.8. The predicted molar refractivity (Wildman–Crippen MR) is 50.4 cm³/mol. The molecule has 72 valence electrons. The van der Waals surface area contributed by atoms with Gasteiger partial charge in [-0.25, -0.2) is 0 Å². The Morgan fingerprint density at radius 2 is 2.31 bits per heavy atom. The lowest BCUT2D eigenvalue weighted by Gasteiger charge is -2.23. The monoisotopic (exact) mass is 180 g/mol. The smallest absolute Gasteiger partial charge is 0.148 e. The maximum Gasteiger partial charge on any atom is 0.148 e. The van der Waals surface area contributed by atoms with Crippen molar-refractivity contribution in [1.82, 2.24) is 0 Å². The molecule has 2 nitrogen and oxygen atoms in total. The maximum atomic E-state index is 10.6. The van der Waals surface area contributed by atoms with Gasteiger partial charge in [0.05, 0.1) is 5.60 Å². The van der Waals surface area contributed by atoms with Crippen LogP contribution in [0, 0.1) is 11.8 Å². The van der Waals surface area contributed by atoms with E-state index in [4.69, 9.17) is 4.74 Å². The van der Waals surface area contributed by atoms with Gasteiger partial charge in [-0.15, -0.1) is 6.58 Å². The Bertz CT molecular complexity index is 214. The van der Waals surface area contributed by atoms with Crippen molar-refractivity contribution in [2.24, 2.45) is 11.8 Å². The van der Waals surface area contributed by atoms with E-state index in [-0.39, 0.29) is 11.7 Å². The summed E-state index contributed by atoms with van der Waals surface area (Å²) < 4.78 is 5.74. The third-order valence-electron chi connectivity index (χ3n) is 3.54. The van der Waals surface area contributed by atoms with Crippen molar-refractivity contribution in [3.8, 4) is 0 Å². The number of ether oxygens (including phenoxy) is 1. The molecule has 0 bridgehead atoms. The Labute approximate surface area is 79.0 Å². The van der Waals surface area contributed by atoms with E-state index in [0.717, 1.165) is 25.5 Å². The van der Waals surface area contributed by atoms with Crippen LogP contribution in [0.3, 0.4) is 0 Å². The van der Waals surface area contributed by atoms with Crippen molar-refractivity contribution in [2.45, 2.75) is 37.9 Å². The molecule has 13 heavy (non-hydrogen) atoms. The first kappa shape index (κ1) is 8.95. The summed E-state index contributed by atoms with van der Waals surface area (Å²) in [5.74, 6) is 1.15. The fourth-order valence-corrected chi connectivity index (χ4v) is 2.81. The van der Waals surface area contributed by atoms with Gasteiger partial charge in [0.2, 0.25) is 0 Å². The summed E-state index contributed by atoms with van der Waals surface area (Å²) in [6, 6.07) is 0. The SMILES string of the molecule is C=CC1C[C@H]2C[C@@H](C=O)O[C@@]2(C)C1. The average molecular weight is 180 g/mol. The second-order valence-electron chi connectivity index (χ2n) is 4.47. The first-order valence-electron chi connectivity index (χ1n) is 4.93. The zero-order valence-corrected chi connectivity index (χ0v) is 8.03. The van der Waals surface area contributed by atoms with Crippen LogP contribution >= 0.6 is 0 Å². The number of carbonyl (C=O) groups excluding carboxylic acids is 1. The van der Waals surface area contributed by atoms with Crippen LogP contribution in [-0.2, 0) is 9.53 Å². The minimum absolute atomic E-state index is 0.0512. The highest BCUT2D eigenvalue weighted by Crippen LogP contribution is 2.49. The lowest BCUT2D eigenvalue weighted by Crippen LogP contribution is -2.27. The van der Waals surface area contributed by atoms with E-state index >= 15 is 0 Å². The molecule has 1 unspecified atom stereocenters. The number of rotatable bonds is 2. The van der Waals surface area contributed by atoms with Crippen molar-refractivity contribution >= 4 is 6.29 Å². The van der Waals surface area contributed by atoms with Gasteiger partial charge >= 0.3 is 0 Å². The van der Waals surface area contributed by atoms with Gasteiger partial charge in [-0.2, -0.15) is 0 Å². The van der Waals surface area contributed by atoms with Crippen LogP contribution in [0.25, 0.3) is 0 Å². The van der Waals surface area contributed by atoms with Crippen LogP contribution in [0.5, 0.6) is 0 Å². The van der Waals surface area contributed by atoms with E-state index in [1.54, 1.807) is 0 Å². The highest BCUT2D eigenvalue weighted by Gasteiger charge is 2.50. The van der Waals surface area contributed by atoms with Gasteiger partial charge in [-0.1, -0.05) is 6.08 Å². The van der Waals surface area contributed by atoms with Crippen molar-refractivity contribution < 1.29 is 9.53 Å². The van der Waals surface area contributed by atoms with Gasteiger partial charge in [-0.3, -0.25) is 0 Å². The number of fused-ring (bicyclic) bond motifs is 1. The molecule has 2 heteroatoms. The summed E-state index contributed by atoms with van der Waals surface area (Å²) >= 11 is 0. The Hall–Kier alpha value is -0.630. The van der Waals surface area contributed by atoms with E-state index in [0.29, 0.717) is 11.8 Å². The molecule has 0 aromatic carbocycles. The second kappa shape index (κ2) is 2.95. The van der Waals surface area contributed by atoms with Gasteiger partial charge in [0.25, 0.3) is 0 Å². The Balaban J connectivity index is 2.10. The zero-order valence-electron chi connectivity index (χ0n) is 8.03. The van der Waals surface area contributed by atoms with Crippen LogP contribution in [-0.4, -0.2) is 18.0 Å². The van der Waals surface area contributed by atoms with Gasteiger partial charge in [0.15, 0.2) is 0 Å². The summed E-state index contributed by atoms with van der Waals surface area (Å²) in [6.07, 6.45) is 5.89. The van der Waals surface area contributed by atoms with E-state index < -0.39 is 0 Å². The topological polar surface area (TPSA) is 26.3 Å². The third-order valence-corrected chi connectivity index (χ3v) is 3.54. The number of hydrogen-bond donors (Lipinski definition) is 0. The Morgan fingerprint density at radius 3 is 2.85 bits per heavy atom. The molecule has 0 N–H and O–H groups in total. The standard InChI is InChI=1S/C11H16O2/c1-3-8-4-9-5-10(7-12)13-11(9,2)6-8/h3,7-10H,1,4-6H2,2H3/t8?,9-,10-,11-/m0/s1. The summed E-state index contributed by atoms with van der Waals surface area (Å²) in [6.45, 7) is 5.94. The van der Waals surface area contributed by atoms with E-state index in [2.05, 4.69) is 13.5 Å². The number of allylic oxidation sites excluding steroid dienone is 1. The third kappa shape index (κ3) is 1.33. The molecular weight excluding hydrogens is 164 g/mol. The van der Waals surface area contributed by atoms with E-state index in [9.17, 15) is 4.79 Å².